The summed E-state index contributed by atoms with van der Waals surface area (Å²) in [5.74, 6) is 0.983. The predicted molar refractivity (Wildman–Crippen MR) is 86.5 cm³/mol. The summed E-state index contributed by atoms with van der Waals surface area (Å²) in [7, 11) is 0. The Morgan fingerprint density at radius 1 is 1.10 bits per heavy atom. The van der Waals surface area contributed by atoms with Crippen molar-refractivity contribution in [1.29, 1.82) is 0 Å². The van der Waals surface area contributed by atoms with Crippen molar-refractivity contribution in [2.24, 2.45) is 11.8 Å². The first-order valence-electron chi connectivity index (χ1n) is 7.93. The van der Waals surface area contributed by atoms with Crippen LogP contribution in [-0.4, -0.2) is 12.1 Å². The van der Waals surface area contributed by atoms with Crippen molar-refractivity contribution in [2.45, 2.75) is 53.1 Å². The number of fused-ring (bicyclic) bond motifs is 1. The number of hydrogen-bond donors (Lipinski definition) is 0. The Kier molecular flexibility index (Phi) is 5.22. The number of carbonyl (C=O) groups excluding carboxylic acids is 1. The average Bonchev–Trinajstić information content (AvgIpc) is 2.41. The molecule has 0 bridgehead atoms. The Bertz CT molecular complexity index is 530. The fourth-order valence-corrected chi connectivity index (χ4v) is 2.99. The number of allylic oxidation sites excluding steroid dienone is 2. The molecule has 0 N–H and O–H groups in total. The van der Waals surface area contributed by atoms with Gasteiger partial charge in [0.25, 0.3) is 0 Å². The van der Waals surface area contributed by atoms with Gasteiger partial charge in [0, 0.05) is 0 Å². The maximum atomic E-state index is 12.5. The minimum atomic E-state index is -0.176. The van der Waals surface area contributed by atoms with Gasteiger partial charge in [0.2, 0.25) is 0 Å². The minimum Gasteiger partial charge on any atom is -0.459 e. The number of esters is 1. The third-order valence-corrected chi connectivity index (χ3v) is 4.56. The molecule has 3 unspecified atom stereocenters. The second-order valence-corrected chi connectivity index (χ2v) is 6.43. The second kappa shape index (κ2) is 6.93. The monoisotopic (exact) mass is 286 g/mol. The Hall–Kier alpha value is -1.57. The summed E-state index contributed by atoms with van der Waals surface area (Å²) < 4.78 is 5.69. The van der Waals surface area contributed by atoms with Crippen LogP contribution in [-0.2, 0) is 11.2 Å². The van der Waals surface area contributed by atoms with E-state index in [2.05, 4.69) is 26.0 Å². The van der Waals surface area contributed by atoms with Gasteiger partial charge in [-0.2, -0.15) is 0 Å². The van der Waals surface area contributed by atoms with Gasteiger partial charge >= 0.3 is 5.97 Å². The summed E-state index contributed by atoms with van der Waals surface area (Å²) in [6, 6.07) is 6.01. The molecule has 1 aromatic carbocycles. The van der Waals surface area contributed by atoms with Crippen LogP contribution in [0.5, 0.6) is 0 Å². The van der Waals surface area contributed by atoms with Crippen molar-refractivity contribution in [3.05, 3.63) is 47.0 Å². The molecule has 1 aliphatic rings. The predicted octanol–water partition coefficient (Wildman–Crippen LogP) is 4.71. The highest BCUT2D eigenvalue weighted by atomic mass is 16.5. The summed E-state index contributed by atoms with van der Waals surface area (Å²) in [6.45, 7) is 8.49. The van der Waals surface area contributed by atoms with E-state index in [9.17, 15) is 4.79 Å². The van der Waals surface area contributed by atoms with E-state index in [1.165, 1.54) is 0 Å². The number of rotatable bonds is 0. The molecule has 0 fully saturated rings. The molecule has 0 radical (unpaired) electrons. The van der Waals surface area contributed by atoms with Crippen LogP contribution in [0, 0.1) is 18.8 Å². The van der Waals surface area contributed by atoms with Crippen molar-refractivity contribution >= 4 is 5.97 Å². The Balaban J connectivity index is 2.33. The molecule has 3 atom stereocenters. The molecule has 2 heteroatoms. The smallest absolute Gasteiger partial charge is 0.338 e. The van der Waals surface area contributed by atoms with Gasteiger partial charge in [0.05, 0.1) is 11.7 Å². The summed E-state index contributed by atoms with van der Waals surface area (Å²) in [5.41, 5.74) is 2.80. The number of cyclic esters (lactones) is 1. The summed E-state index contributed by atoms with van der Waals surface area (Å²) in [4.78, 5) is 12.5. The highest BCUT2D eigenvalue weighted by Crippen LogP contribution is 2.24. The fraction of sp³-hybridized carbons (Fsp3) is 0.526. The van der Waals surface area contributed by atoms with Gasteiger partial charge in [-0.25, -0.2) is 4.79 Å². The maximum Gasteiger partial charge on any atom is 0.338 e. The molecule has 2 nitrogen and oxygen atoms in total. The normalized spacial score (nSPS) is 27.2. The Labute approximate surface area is 128 Å². The van der Waals surface area contributed by atoms with Crippen LogP contribution in [0.25, 0.3) is 0 Å². The maximum absolute atomic E-state index is 12.5. The molecule has 2 rings (SSSR count). The van der Waals surface area contributed by atoms with Gasteiger partial charge in [-0.05, 0) is 56.1 Å². The quantitative estimate of drug-likeness (QED) is 0.510. The molecule has 1 heterocycles. The zero-order chi connectivity index (χ0) is 15.4. The summed E-state index contributed by atoms with van der Waals surface area (Å²) >= 11 is 0. The molecule has 0 amide bonds. The third-order valence-electron chi connectivity index (χ3n) is 4.56. The van der Waals surface area contributed by atoms with E-state index in [0.717, 1.165) is 36.0 Å². The van der Waals surface area contributed by atoms with Crippen LogP contribution in [0.3, 0.4) is 0 Å². The lowest BCUT2D eigenvalue weighted by molar-refractivity contribution is 0.0273. The summed E-state index contributed by atoms with van der Waals surface area (Å²) in [6.07, 6.45) is 7.20. The standard InChI is InChI=1S/C19H26O2/c1-13-8-5-6-10-17-11-7-9-14(2)18(17)19(20)21-16(4)12-15(13)3/h5-7,9,11,13,15-16H,8,10,12H2,1-4H3. The highest BCUT2D eigenvalue weighted by molar-refractivity contribution is 5.93. The van der Waals surface area contributed by atoms with E-state index >= 15 is 0 Å². The fourth-order valence-electron chi connectivity index (χ4n) is 2.99. The van der Waals surface area contributed by atoms with E-state index in [0.29, 0.717) is 11.8 Å². The number of benzene rings is 1. The minimum absolute atomic E-state index is 0.0363. The van der Waals surface area contributed by atoms with E-state index in [1.807, 2.05) is 32.0 Å². The second-order valence-electron chi connectivity index (χ2n) is 6.43. The van der Waals surface area contributed by atoms with Crippen molar-refractivity contribution in [3.63, 3.8) is 0 Å². The van der Waals surface area contributed by atoms with E-state index in [4.69, 9.17) is 4.74 Å². The van der Waals surface area contributed by atoms with E-state index in [1.54, 1.807) is 0 Å². The van der Waals surface area contributed by atoms with Crippen LogP contribution in [0.4, 0.5) is 0 Å². The van der Waals surface area contributed by atoms with Crippen molar-refractivity contribution in [3.8, 4) is 0 Å². The molecule has 21 heavy (non-hydrogen) atoms. The van der Waals surface area contributed by atoms with Gasteiger partial charge < -0.3 is 4.74 Å². The first-order chi connectivity index (χ1) is 9.99. The van der Waals surface area contributed by atoms with Crippen LogP contribution in [0.2, 0.25) is 0 Å². The zero-order valence-corrected chi connectivity index (χ0v) is 13.6. The van der Waals surface area contributed by atoms with Gasteiger partial charge in [0.15, 0.2) is 0 Å². The molecular weight excluding hydrogens is 260 g/mol. The summed E-state index contributed by atoms with van der Waals surface area (Å²) in [5, 5.41) is 0. The van der Waals surface area contributed by atoms with Crippen LogP contribution >= 0.6 is 0 Å². The Morgan fingerprint density at radius 2 is 1.86 bits per heavy atom. The molecule has 0 saturated heterocycles. The van der Waals surface area contributed by atoms with Gasteiger partial charge in [-0.1, -0.05) is 44.2 Å². The van der Waals surface area contributed by atoms with Gasteiger partial charge in [-0.3, -0.25) is 0 Å². The molecule has 1 aliphatic heterocycles. The molecule has 1 aromatic rings. The highest BCUT2D eigenvalue weighted by Gasteiger charge is 2.21. The lowest BCUT2D eigenvalue weighted by Gasteiger charge is -2.24. The number of hydrogen-bond acceptors (Lipinski definition) is 2. The number of carbonyl (C=O) groups is 1. The van der Waals surface area contributed by atoms with E-state index in [-0.39, 0.29) is 12.1 Å². The SMILES string of the molecule is Cc1cccc2c1C(=O)OC(C)CC(C)C(C)CC=CC2. The first-order valence-corrected chi connectivity index (χ1v) is 7.93. The Morgan fingerprint density at radius 3 is 2.62 bits per heavy atom. The topological polar surface area (TPSA) is 26.3 Å². The molecule has 0 spiro atoms. The number of ether oxygens (including phenoxy) is 1. The molecular formula is C19H26O2. The molecule has 0 aliphatic carbocycles. The average molecular weight is 286 g/mol. The molecule has 0 aromatic heterocycles. The van der Waals surface area contributed by atoms with Crippen molar-refractivity contribution in [1.82, 2.24) is 0 Å². The number of aryl methyl sites for hydroxylation is 1. The zero-order valence-electron chi connectivity index (χ0n) is 13.6. The van der Waals surface area contributed by atoms with E-state index < -0.39 is 0 Å². The van der Waals surface area contributed by atoms with Crippen LogP contribution < -0.4 is 0 Å². The molecule has 114 valence electrons. The largest absolute Gasteiger partial charge is 0.459 e. The van der Waals surface area contributed by atoms with Crippen molar-refractivity contribution < 1.29 is 9.53 Å². The van der Waals surface area contributed by atoms with Crippen LogP contribution in [0.15, 0.2) is 30.4 Å². The van der Waals surface area contributed by atoms with Gasteiger partial charge in [-0.15, -0.1) is 0 Å². The van der Waals surface area contributed by atoms with Crippen LogP contribution in [0.1, 0.15) is 55.1 Å². The lowest BCUT2D eigenvalue weighted by atomic mass is 9.88. The van der Waals surface area contributed by atoms with Gasteiger partial charge in [0.1, 0.15) is 0 Å². The third kappa shape index (κ3) is 3.96. The van der Waals surface area contributed by atoms with Crippen molar-refractivity contribution in [2.75, 3.05) is 0 Å². The lowest BCUT2D eigenvalue weighted by Crippen LogP contribution is -2.22. The molecule has 0 saturated carbocycles. The first kappa shape index (κ1) is 15.8.